The van der Waals surface area contributed by atoms with Crippen LogP contribution in [0.4, 0.5) is 0 Å². The van der Waals surface area contributed by atoms with E-state index in [1.165, 1.54) is 5.56 Å². The molecule has 1 atom stereocenters. The Balaban J connectivity index is 0.00000456. The van der Waals surface area contributed by atoms with Crippen LogP contribution in [0.3, 0.4) is 0 Å². The van der Waals surface area contributed by atoms with Gasteiger partial charge in [0.2, 0.25) is 0 Å². The average Bonchev–Trinajstić information content (AvgIpc) is 2.87. The molecule has 0 saturated heterocycles. The van der Waals surface area contributed by atoms with Crippen LogP contribution in [0, 0.1) is 6.92 Å². The molecule has 5 nitrogen and oxygen atoms in total. The van der Waals surface area contributed by atoms with Crippen molar-refractivity contribution in [3.05, 3.63) is 95.1 Å². The minimum atomic E-state index is -1.02. The molecule has 186 valence electrons. The summed E-state index contributed by atoms with van der Waals surface area (Å²) in [5.74, 6) is -0.750. The quantitative estimate of drug-likeness (QED) is 0.253. The van der Waals surface area contributed by atoms with Crippen molar-refractivity contribution < 1.29 is 19.4 Å². The fourth-order valence-corrected chi connectivity index (χ4v) is 4.39. The third-order valence-corrected chi connectivity index (χ3v) is 6.49. The number of carboxylic acids is 1. The molecule has 36 heavy (non-hydrogen) atoms. The fourth-order valence-electron chi connectivity index (χ4n) is 3.92. The van der Waals surface area contributed by atoms with Crippen LogP contribution in [0.15, 0.2) is 72.8 Å². The van der Waals surface area contributed by atoms with E-state index in [0.717, 1.165) is 35.1 Å². The molecule has 1 unspecified atom stereocenters. The second kappa shape index (κ2) is 15.6. The van der Waals surface area contributed by atoms with Gasteiger partial charge in [-0.05, 0) is 78.1 Å². The molecule has 1 amide bonds. The van der Waals surface area contributed by atoms with Gasteiger partial charge in [-0.1, -0.05) is 60.7 Å². The second-order valence-corrected chi connectivity index (χ2v) is 9.47. The summed E-state index contributed by atoms with van der Waals surface area (Å²) < 4.78 is 5.92. The van der Waals surface area contributed by atoms with Crippen molar-refractivity contribution in [2.75, 3.05) is 18.6 Å². The van der Waals surface area contributed by atoms with Crippen LogP contribution in [0.25, 0.3) is 11.1 Å². The summed E-state index contributed by atoms with van der Waals surface area (Å²) in [6.07, 6.45) is 4.19. The predicted octanol–water partition coefficient (Wildman–Crippen LogP) is 5.10. The molecule has 0 spiro atoms. The first-order valence-electron chi connectivity index (χ1n) is 11.8. The number of aryl methyl sites for hydroxylation is 2. The summed E-state index contributed by atoms with van der Waals surface area (Å²) >= 11 is 1.56. The monoisotopic (exact) mass is 499 g/mol. The second-order valence-electron chi connectivity index (χ2n) is 8.48. The third kappa shape index (κ3) is 8.87. The Bertz CT molecular complexity index is 1120. The minimum absolute atomic E-state index is 0. The maximum atomic E-state index is 13.2. The van der Waals surface area contributed by atoms with Crippen molar-refractivity contribution in [2.24, 2.45) is 0 Å². The number of carbonyl (C=O) groups is 2. The Hall–Kier alpha value is -2.49. The Morgan fingerprint density at radius 1 is 0.972 bits per heavy atom. The molecule has 2 N–H and O–H groups in total. The molecule has 0 aliphatic heterocycles. The summed E-state index contributed by atoms with van der Waals surface area (Å²) in [6, 6.07) is 22.9. The summed E-state index contributed by atoms with van der Waals surface area (Å²) in [7, 11) is 0. The number of amides is 1. The first-order valence-corrected chi connectivity index (χ1v) is 13.2. The van der Waals surface area contributed by atoms with Gasteiger partial charge in [-0.3, -0.25) is 4.79 Å². The van der Waals surface area contributed by atoms with Crippen LogP contribution < -0.4 is 5.32 Å². The summed E-state index contributed by atoms with van der Waals surface area (Å²) in [5, 5.41) is 12.3. The molecular formula is C29H34LiNO4S. The van der Waals surface area contributed by atoms with Gasteiger partial charge < -0.3 is 15.2 Å². The van der Waals surface area contributed by atoms with Gasteiger partial charge >= 0.3 is 24.8 Å². The van der Waals surface area contributed by atoms with Gasteiger partial charge in [0.1, 0.15) is 6.04 Å². The fraction of sp³-hybridized carbons (Fsp3) is 0.310. The third-order valence-electron chi connectivity index (χ3n) is 5.84. The standard InChI is InChI=1S/C29H33NO4S.Li.H/c1-21-9-6-7-13-24(21)26-19-23(20-34-17-8-12-22-10-4-3-5-11-22)14-15-25(26)28(31)30-27(29(32)33)16-18-35-2;;/h3-7,9-11,13-15,19,27H,8,12,16-18,20H2,1-2H3,(H,30,31)(H,32,33);;. The van der Waals surface area contributed by atoms with E-state index in [2.05, 4.69) is 17.4 Å². The molecule has 0 aliphatic rings. The van der Waals surface area contributed by atoms with Gasteiger partial charge in [-0.15, -0.1) is 0 Å². The molecule has 3 aromatic rings. The van der Waals surface area contributed by atoms with Crippen molar-refractivity contribution in [1.29, 1.82) is 0 Å². The maximum absolute atomic E-state index is 13.2. The zero-order valence-corrected chi connectivity index (χ0v) is 21.1. The van der Waals surface area contributed by atoms with Gasteiger partial charge in [-0.2, -0.15) is 11.8 Å². The van der Waals surface area contributed by atoms with Gasteiger partial charge in [0, 0.05) is 12.2 Å². The van der Waals surface area contributed by atoms with E-state index >= 15 is 0 Å². The molecule has 3 rings (SSSR count). The van der Waals surface area contributed by atoms with Crippen LogP contribution in [0.2, 0.25) is 0 Å². The Labute approximate surface area is 230 Å². The Morgan fingerprint density at radius 2 is 1.69 bits per heavy atom. The van der Waals surface area contributed by atoms with Gasteiger partial charge in [-0.25, -0.2) is 4.79 Å². The van der Waals surface area contributed by atoms with E-state index in [0.29, 0.717) is 31.0 Å². The number of hydrogen-bond donors (Lipinski definition) is 2. The zero-order chi connectivity index (χ0) is 25.0. The number of nitrogens with one attached hydrogen (secondary N) is 1. The normalized spacial score (nSPS) is 11.4. The molecule has 0 aromatic heterocycles. The number of thioether (sulfide) groups is 1. The van der Waals surface area contributed by atoms with Crippen molar-refractivity contribution in [3.8, 4) is 11.1 Å². The molecule has 3 aromatic carbocycles. The summed E-state index contributed by atoms with van der Waals surface area (Å²) in [4.78, 5) is 24.8. The molecule has 7 heteroatoms. The molecule has 0 heterocycles. The van der Waals surface area contributed by atoms with E-state index in [-0.39, 0.29) is 24.8 Å². The number of carboxylic acid groups (broad SMARTS) is 1. The van der Waals surface area contributed by atoms with Crippen LogP contribution in [-0.4, -0.2) is 60.5 Å². The Kier molecular flexibility index (Phi) is 12.9. The Morgan fingerprint density at radius 3 is 2.39 bits per heavy atom. The summed E-state index contributed by atoms with van der Waals surface area (Å²) in [5.41, 5.74) is 5.49. The first-order chi connectivity index (χ1) is 17.0. The van der Waals surface area contributed by atoms with Crippen molar-refractivity contribution in [2.45, 2.75) is 38.8 Å². The van der Waals surface area contributed by atoms with E-state index in [9.17, 15) is 14.7 Å². The SMILES string of the molecule is CSCCC(NC(=O)c1ccc(COCCCc2ccccc2)cc1-c1ccccc1C)C(=O)O.[LiH]. The molecule has 0 radical (unpaired) electrons. The van der Waals surface area contributed by atoms with Crippen molar-refractivity contribution >= 4 is 42.5 Å². The molecule has 0 aliphatic carbocycles. The van der Waals surface area contributed by atoms with Gasteiger partial charge in [0.25, 0.3) is 5.91 Å². The number of carbonyl (C=O) groups excluding carboxylic acids is 1. The molecule has 0 bridgehead atoms. The van der Waals surface area contributed by atoms with E-state index in [1.807, 2.05) is 67.8 Å². The molecule has 0 fully saturated rings. The van der Waals surface area contributed by atoms with Gasteiger partial charge in [0.05, 0.1) is 6.61 Å². The van der Waals surface area contributed by atoms with Crippen molar-refractivity contribution in [1.82, 2.24) is 5.32 Å². The van der Waals surface area contributed by atoms with Crippen LogP contribution in [0.5, 0.6) is 0 Å². The van der Waals surface area contributed by atoms with E-state index in [4.69, 9.17) is 4.74 Å². The summed E-state index contributed by atoms with van der Waals surface area (Å²) in [6.45, 7) is 3.09. The van der Waals surface area contributed by atoms with Gasteiger partial charge in [0.15, 0.2) is 0 Å². The number of aliphatic carboxylic acids is 1. The van der Waals surface area contributed by atoms with E-state index in [1.54, 1.807) is 17.8 Å². The molecule has 0 saturated carbocycles. The number of rotatable bonds is 13. The number of benzene rings is 3. The topological polar surface area (TPSA) is 75.6 Å². The number of hydrogen-bond acceptors (Lipinski definition) is 4. The zero-order valence-electron chi connectivity index (χ0n) is 20.3. The average molecular weight is 500 g/mol. The van der Waals surface area contributed by atoms with Crippen molar-refractivity contribution in [3.63, 3.8) is 0 Å². The predicted molar refractivity (Wildman–Crippen MR) is 150 cm³/mol. The number of ether oxygens (including phenoxy) is 1. The molecular weight excluding hydrogens is 465 g/mol. The van der Waals surface area contributed by atoms with Crippen LogP contribution >= 0.6 is 11.8 Å². The first kappa shape index (κ1) is 29.7. The van der Waals surface area contributed by atoms with Crippen LogP contribution in [-0.2, 0) is 22.6 Å². The van der Waals surface area contributed by atoms with Crippen LogP contribution in [0.1, 0.15) is 39.9 Å². The van der Waals surface area contributed by atoms with E-state index < -0.39 is 12.0 Å².